The molecule has 1 aromatic carbocycles. The highest BCUT2D eigenvalue weighted by Crippen LogP contribution is 2.29. The van der Waals surface area contributed by atoms with E-state index in [1.807, 2.05) is 0 Å². The Hall–Kier alpha value is -2.51. The number of hydrogen-bond acceptors (Lipinski definition) is 6. The van der Waals surface area contributed by atoms with E-state index in [1.54, 1.807) is 18.2 Å². The minimum atomic E-state index is 0.0329. The van der Waals surface area contributed by atoms with Gasteiger partial charge in [0.2, 0.25) is 5.91 Å². The van der Waals surface area contributed by atoms with E-state index < -0.39 is 0 Å². The SMILES string of the molecule is CCN(CC)Cc1ccc(CN2C(=O)Cc3cnc(OCCOC)nc32)cc1. The molecule has 7 heteroatoms. The zero-order chi connectivity index (χ0) is 19.9. The first-order valence-electron chi connectivity index (χ1n) is 9.72. The number of benzene rings is 1. The van der Waals surface area contributed by atoms with Crippen LogP contribution in [0.15, 0.2) is 30.5 Å². The molecule has 7 nitrogen and oxygen atoms in total. The van der Waals surface area contributed by atoms with E-state index >= 15 is 0 Å². The summed E-state index contributed by atoms with van der Waals surface area (Å²) in [6.07, 6.45) is 2.00. The lowest BCUT2D eigenvalue weighted by Crippen LogP contribution is -2.27. The maximum absolute atomic E-state index is 12.5. The molecule has 0 radical (unpaired) electrons. The summed E-state index contributed by atoms with van der Waals surface area (Å²) in [6, 6.07) is 8.70. The van der Waals surface area contributed by atoms with Gasteiger partial charge in [-0.25, -0.2) is 4.98 Å². The molecule has 1 aromatic heterocycles. The third-order valence-corrected chi connectivity index (χ3v) is 4.90. The number of rotatable bonds is 10. The van der Waals surface area contributed by atoms with E-state index in [9.17, 15) is 4.79 Å². The molecule has 0 aliphatic carbocycles. The van der Waals surface area contributed by atoms with Gasteiger partial charge in [0.1, 0.15) is 12.4 Å². The van der Waals surface area contributed by atoms with Crippen LogP contribution in [0.5, 0.6) is 6.01 Å². The first-order valence-corrected chi connectivity index (χ1v) is 9.72. The number of nitrogens with zero attached hydrogens (tertiary/aromatic N) is 4. The normalized spacial score (nSPS) is 13.3. The lowest BCUT2D eigenvalue weighted by molar-refractivity contribution is -0.117. The summed E-state index contributed by atoms with van der Waals surface area (Å²) in [6.45, 7) is 8.67. The van der Waals surface area contributed by atoms with E-state index in [0.29, 0.717) is 32.0 Å². The Labute approximate surface area is 166 Å². The van der Waals surface area contributed by atoms with Gasteiger partial charge in [0.05, 0.1) is 19.6 Å². The highest BCUT2D eigenvalue weighted by atomic mass is 16.5. The van der Waals surface area contributed by atoms with Crippen molar-refractivity contribution in [2.75, 3.05) is 38.3 Å². The van der Waals surface area contributed by atoms with E-state index in [-0.39, 0.29) is 11.9 Å². The fourth-order valence-corrected chi connectivity index (χ4v) is 3.20. The first-order chi connectivity index (χ1) is 13.6. The van der Waals surface area contributed by atoms with Crippen LogP contribution in [-0.4, -0.2) is 54.2 Å². The monoisotopic (exact) mass is 384 g/mol. The summed E-state index contributed by atoms with van der Waals surface area (Å²) in [5.74, 6) is 0.671. The Bertz CT molecular complexity index is 791. The second-order valence-corrected chi connectivity index (χ2v) is 6.78. The van der Waals surface area contributed by atoms with Crippen molar-refractivity contribution >= 4 is 11.7 Å². The number of hydrogen-bond donors (Lipinski definition) is 0. The fourth-order valence-electron chi connectivity index (χ4n) is 3.20. The van der Waals surface area contributed by atoms with Gasteiger partial charge in [-0.2, -0.15) is 4.98 Å². The molecule has 0 fully saturated rings. The Morgan fingerprint density at radius 1 is 1.11 bits per heavy atom. The third kappa shape index (κ3) is 4.85. The van der Waals surface area contributed by atoms with E-state index in [0.717, 1.165) is 30.8 Å². The van der Waals surface area contributed by atoms with Crippen molar-refractivity contribution in [2.24, 2.45) is 0 Å². The lowest BCUT2D eigenvalue weighted by atomic mass is 10.1. The van der Waals surface area contributed by atoms with Gasteiger partial charge in [-0.15, -0.1) is 0 Å². The van der Waals surface area contributed by atoms with Crippen molar-refractivity contribution in [3.63, 3.8) is 0 Å². The second kappa shape index (κ2) is 9.61. The average molecular weight is 384 g/mol. The number of anilines is 1. The zero-order valence-electron chi connectivity index (χ0n) is 16.9. The molecule has 0 N–H and O–H groups in total. The van der Waals surface area contributed by atoms with Crippen molar-refractivity contribution in [1.82, 2.24) is 14.9 Å². The molecular weight excluding hydrogens is 356 g/mol. The van der Waals surface area contributed by atoms with Gasteiger partial charge in [-0.05, 0) is 24.2 Å². The van der Waals surface area contributed by atoms with Gasteiger partial charge in [0.25, 0.3) is 0 Å². The second-order valence-electron chi connectivity index (χ2n) is 6.78. The summed E-state index contributed by atoms with van der Waals surface area (Å²) in [5.41, 5.74) is 3.18. The quantitative estimate of drug-likeness (QED) is 0.586. The molecule has 0 saturated carbocycles. The smallest absolute Gasteiger partial charge is 0.318 e. The Morgan fingerprint density at radius 3 is 2.50 bits per heavy atom. The molecule has 28 heavy (non-hydrogen) atoms. The first kappa shape index (κ1) is 20.2. The van der Waals surface area contributed by atoms with Gasteiger partial charge in [-0.1, -0.05) is 38.1 Å². The van der Waals surface area contributed by atoms with Crippen molar-refractivity contribution in [3.05, 3.63) is 47.2 Å². The molecule has 1 amide bonds. The summed E-state index contributed by atoms with van der Waals surface area (Å²) in [7, 11) is 1.61. The molecule has 1 aliphatic rings. The van der Waals surface area contributed by atoms with Crippen LogP contribution in [0.4, 0.5) is 5.82 Å². The van der Waals surface area contributed by atoms with Gasteiger partial charge >= 0.3 is 6.01 Å². The standard InChI is InChI=1S/C21H28N4O3/c1-4-24(5-2)14-16-6-8-17(9-7-16)15-25-19(26)12-18-13-22-21(23-20(18)25)28-11-10-27-3/h6-9,13H,4-5,10-12,14-15H2,1-3H3. The molecule has 2 aromatic rings. The van der Waals surface area contributed by atoms with Crippen LogP contribution in [0.3, 0.4) is 0 Å². The molecule has 1 aliphatic heterocycles. The highest BCUT2D eigenvalue weighted by Gasteiger charge is 2.29. The third-order valence-electron chi connectivity index (χ3n) is 4.90. The largest absolute Gasteiger partial charge is 0.461 e. The summed E-state index contributed by atoms with van der Waals surface area (Å²) in [5, 5.41) is 0. The number of methoxy groups -OCH3 is 1. The Kier molecular flexibility index (Phi) is 6.95. The van der Waals surface area contributed by atoms with Crippen molar-refractivity contribution < 1.29 is 14.3 Å². The summed E-state index contributed by atoms with van der Waals surface area (Å²) in [4.78, 5) is 25.2. The molecule has 0 bridgehead atoms. The van der Waals surface area contributed by atoms with Crippen LogP contribution in [0.25, 0.3) is 0 Å². The van der Waals surface area contributed by atoms with Crippen LogP contribution in [0.2, 0.25) is 0 Å². The number of amides is 1. The Morgan fingerprint density at radius 2 is 1.82 bits per heavy atom. The van der Waals surface area contributed by atoms with Gasteiger partial charge in [0, 0.05) is 25.4 Å². The van der Waals surface area contributed by atoms with Crippen molar-refractivity contribution in [1.29, 1.82) is 0 Å². The number of ether oxygens (including phenoxy) is 2. The molecule has 0 saturated heterocycles. The average Bonchev–Trinajstić information content (AvgIpc) is 3.02. The molecule has 0 unspecified atom stereocenters. The minimum absolute atomic E-state index is 0.0329. The molecular formula is C21H28N4O3. The van der Waals surface area contributed by atoms with Gasteiger partial charge < -0.3 is 9.47 Å². The number of fused-ring (bicyclic) bond motifs is 1. The van der Waals surface area contributed by atoms with Crippen LogP contribution < -0.4 is 9.64 Å². The van der Waals surface area contributed by atoms with E-state index in [1.165, 1.54) is 5.56 Å². The lowest BCUT2D eigenvalue weighted by Gasteiger charge is -2.19. The molecule has 0 atom stereocenters. The van der Waals surface area contributed by atoms with Crippen molar-refractivity contribution in [3.8, 4) is 6.01 Å². The molecule has 3 rings (SSSR count). The summed E-state index contributed by atoms with van der Waals surface area (Å²) < 4.78 is 10.5. The molecule has 150 valence electrons. The van der Waals surface area contributed by atoms with Gasteiger partial charge in [-0.3, -0.25) is 14.6 Å². The van der Waals surface area contributed by atoms with Crippen LogP contribution >= 0.6 is 0 Å². The predicted molar refractivity (Wildman–Crippen MR) is 107 cm³/mol. The molecule has 2 heterocycles. The highest BCUT2D eigenvalue weighted by molar-refractivity contribution is 6.00. The van der Waals surface area contributed by atoms with Crippen LogP contribution in [0.1, 0.15) is 30.5 Å². The maximum atomic E-state index is 12.5. The number of carbonyl (C=O) groups excluding carboxylic acids is 1. The minimum Gasteiger partial charge on any atom is -0.461 e. The van der Waals surface area contributed by atoms with Crippen LogP contribution in [0, 0.1) is 0 Å². The number of aromatic nitrogens is 2. The zero-order valence-corrected chi connectivity index (χ0v) is 16.9. The topological polar surface area (TPSA) is 67.8 Å². The van der Waals surface area contributed by atoms with E-state index in [2.05, 4.69) is 53.0 Å². The fraction of sp³-hybridized carbons (Fsp3) is 0.476. The number of carbonyl (C=O) groups is 1. The maximum Gasteiger partial charge on any atom is 0.318 e. The Balaban J connectivity index is 1.69. The van der Waals surface area contributed by atoms with Crippen LogP contribution in [-0.2, 0) is 29.0 Å². The van der Waals surface area contributed by atoms with E-state index in [4.69, 9.17) is 9.47 Å². The molecule has 0 spiro atoms. The van der Waals surface area contributed by atoms with Gasteiger partial charge in [0.15, 0.2) is 0 Å². The predicted octanol–water partition coefficient (Wildman–Crippen LogP) is 2.43. The summed E-state index contributed by atoms with van der Waals surface area (Å²) >= 11 is 0. The van der Waals surface area contributed by atoms with Crippen molar-refractivity contribution in [2.45, 2.75) is 33.4 Å².